The first-order chi connectivity index (χ1) is 13.6. The van der Waals surface area contributed by atoms with Crippen molar-refractivity contribution < 1.29 is 14.0 Å². The zero-order valence-electron chi connectivity index (χ0n) is 15.6. The highest BCUT2D eigenvalue weighted by molar-refractivity contribution is 7.99. The smallest absolute Gasteiger partial charge is 0.239 e. The van der Waals surface area contributed by atoms with Crippen molar-refractivity contribution in [2.75, 3.05) is 12.3 Å². The summed E-state index contributed by atoms with van der Waals surface area (Å²) in [6.07, 6.45) is 6.58. The van der Waals surface area contributed by atoms with Crippen molar-refractivity contribution in [1.82, 2.24) is 19.7 Å². The number of hydrogen-bond acceptors (Lipinski definition) is 5. The van der Waals surface area contributed by atoms with Gasteiger partial charge in [0.25, 0.3) is 0 Å². The lowest BCUT2D eigenvalue weighted by molar-refractivity contribution is -0.140. The predicted molar refractivity (Wildman–Crippen MR) is 104 cm³/mol. The summed E-state index contributed by atoms with van der Waals surface area (Å²) in [4.78, 5) is 25.5. The molecule has 0 spiro atoms. The number of amides is 2. The summed E-state index contributed by atoms with van der Waals surface area (Å²) in [5, 5.41) is 9.17. The molecule has 0 radical (unpaired) electrons. The molecule has 1 aliphatic carbocycles. The zero-order chi connectivity index (χ0) is 19.5. The number of nitrogens with zero attached hydrogens (tertiary/aromatic N) is 4. The van der Waals surface area contributed by atoms with Crippen molar-refractivity contribution in [3.63, 3.8) is 0 Å². The highest BCUT2D eigenvalue weighted by Gasteiger charge is 2.29. The first kappa shape index (κ1) is 19.1. The van der Waals surface area contributed by atoms with Crippen LogP contribution in [0.2, 0.25) is 0 Å². The average molecular weight is 402 g/mol. The number of benzene rings is 1. The minimum atomic E-state index is -0.331. The SMILES string of the molecule is O=C1CCCN1C(=O)CSc1nnc(-c2ccccc2F)n1C1CCCCC1. The van der Waals surface area contributed by atoms with Gasteiger partial charge in [-0.2, -0.15) is 0 Å². The van der Waals surface area contributed by atoms with Gasteiger partial charge in [-0.1, -0.05) is 43.2 Å². The fourth-order valence-corrected chi connectivity index (χ4v) is 4.87. The minimum Gasteiger partial charge on any atom is -0.299 e. The van der Waals surface area contributed by atoms with E-state index in [0.717, 1.165) is 32.1 Å². The van der Waals surface area contributed by atoms with E-state index in [1.54, 1.807) is 18.2 Å². The first-order valence-electron chi connectivity index (χ1n) is 9.81. The molecule has 0 bridgehead atoms. The normalized spacial score (nSPS) is 18.0. The van der Waals surface area contributed by atoms with E-state index in [9.17, 15) is 14.0 Å². The number of thioether (sulfide) groups is 1. The van der Waals surface area contributed by atoms with E-state index in [2.05, 4.69) is 10.2 Å². The Kier molecular flexibility index (Phi) is 5.75. The molecule has 1 saturated carbocycles. The van der Waals surface area contributed by atoms with Gasteiger partial charge in [-0.3, -0.25) is 19.1 Å². The number of aromatic nitrogens is 3. The highest BCUT2D eigenvalue weighted by Crippen LogP contribution is 2.36. The molecule has 0 atom stereocenters. The fourth-order valence-electron chi connectivity index (χ4n) is 3.99. The monoisotopic (exact) mass is 402 g/mol. The molecule has 2 heterocycles. The standard InChI is InChI=1S/C20H23FN4O2S/c21-16-10-5-4-9-15(16)19-22-23-20(25(19)14-7-2-1-3-8-14)28-13-18(27)24-12-6-11-17(24)26/h4-5,9-10,14H,1-3,6-8,11-13H2. The number of halogens is 1. The van der Waals surface area contributed by atoms with Crippen LogP contribution in [-0.2, 0) is 9.59 Å². The molecule has 4 rings (SSSR count). The van der Waals surface area contributed by atoms with Crippen LogP contribution in [0.1, 0.15) is 51.0 Å². The van der Waals surface area contributed by atoms with Crippen LogP contribution in [0, 0.1) is 5.82 Å². The lowest BCUT2D eigenvalue weighted by atomic mass is 9.95. The van der Waals surface area contributed by atoms with Crippen LogP contribution < -0.4 is 0 Å². The van der Waals surface area contributed by atoms with Gasteiger partial charge in [-0.05, 0) is 31.4 Å². The van der Waals surface area contributed by atoms with Gasteiger partial charge in [0.1, 0.15) is 5.82 Å². The topological polar surface area (TPSA) is 68.1 Å². The molecule has 0 unspecified atom stereocenters. The molecular formula is C20H23FN4O2S. The van der Waals surface area contributed by atoms with Crippen LogP contribution in [0.4, 0.5) is 4.39 Å². The Morgan fingerprint density at radius 3 is 2.64 bits per heavy atom. The lowest BCUT2D eigenvalue weighted by Crippen LogP contribution is -2.33. The fraction of sp³-hybridized carbons (Fsp3) is 0.500. The number of carbonyl (C=O) groups is 2. The molecule has 1 aromatic carbocycles. The van der Waals surface area contributed by atoms with Crippen molar-refractivity contribution in [3.8, 4) is 11.4 Å². The van der Waals surface area contributed by atoms with E-state index in [0.29, 0.717) is 29.5 Å². The van der Waals surface area contributed by atoms with Crippen molar-refractivity contribution in [2.24, 2.45) is 0 Å². The van der Waals surface area contributed by atoms with Crippen LogP contribution in [0.3, 0.4) is 0 Å². The summed E-state index contributed by atoms with van der Waals surface area (Å²) >= 11 is 1.28. The average Bonchev–Trinajstić information content (AvgIpc) is 3.33. The number of likely N-dealkylation sites (tertiary alicyclic amines) is 1. The molecule has 28 heavy (non-hydrogen) atoms. The summed E-state index contributed by atoms with van der Waals surface area (Å²) in [7, 11) is 0. The van der Waals surface area contributed by atoms with Crippen molar-refractivity contribution in [1.29, 1.82) is 0 Å². The van der Waals surface area contributed by atoms with Gasteiger partial charge >= 0.3 is 0 Å². The number of imide groups is 1. The first-order valence-corrected chi connectivity index (χ1v) is 10.8. The molecule has 1 aliphatic heterocycles. The summed E-state index contributed by atoms with van der Waals surface area (Å²) in [5.74, 6) is 0.0115. The Balaban J connectivity index is 1.60. The summed E-state index contributed by atoms with van der Waals surface area (Å²) in [6, 6.07) is 6.77. The Bertz CT molecular complexity index is 879. The predicted octanol–water partition coefficient (Wildman–Crippen LogP) is 3.83. The summed E-state index contributed by atoms with van der Waals surface area (Å²) < 4.78 is 16.4. The quantitative estimate of drug-likeness (QED) is 0.711. The van der Waals surface area contributed by atoms with E-state index < -0.39 is 0 Å². The van der Waals surface area contributed by atoms with Gasteiger partial charge < -0.3 is 0 Å². The van der Waals surface area contributed by atoms with Crippen LogP contribution in [0.5, 0.6) is 0 Å². The highest BCUT2D eigenvalue weighted by atomic mass is 32.2. The van der Waals surface area contributed by atoms with E-state index >= 15 is 0 Å². The molecule has 2 aromatic rings. The third-order valence-electron chi connectivity index (χ3n) is 5.42. The molecular weight excluding hydrogens is 379 g/mol. The number of carbonyl (C=O) groups excluding carboxylic acids is 2. The van der Waals surface area contributed by atoms with Gasteiger partial charge in [0, 0.05) is 19.0 Å². The van der Waals surface area contributed by atoms with E-state index in [1.807, 2.05) is 4.57 Å². The Morgan fingerprint density at radius 2 is 1.93 bits per heavy atom. The molecule has 0 N–H and O–H groups in total. The molecule has 148 valence electrons. The van der Waals surface area contributed by atoms with Crippen LogP contribution in [0.25, 0.3) is 11.4 Å². The molecule has 2 aliphatic rings. The number of hydrogen-bond donors (Lipinski definition) is 0. The van der Waals surface area contributed by atoms with Gasteiger partial charge in [-0.15, -0.1) is 10.2 Å². The van der Waals surface area contributed by atoms with E-state index in [4.69, 9.17) is 0 Å². The number of rotatable bonds is 5. The zero-order valence-corrected chi connectivity index (χ0v) is 16.5. The van der Waals surface area contributed by atoms with Gasteiger partial charge in [0.15, 0.2) is 11.0 Å². The maximum absolute atomic E-state index is 14.4. The minimum absolute atomic E-state index is 0.105. The molecule has 6 nitrogen and oxygen atoms in total. The second kappa shape index (κ2) is 8.43. The van der Waals surface area contributed by atoms with Gasteiger partial charge in [0.05, 0.1) is 11.3 Å². The summed E-state index contributed by atoms with van der Waals surface area (Å²) in [5.41, 5.74) is 0.425. The van der Waals surface area contributed by atoms with E-state index in [-0.39, 0.29) is 29.4 Å². The van der Waals surface area contributed by atoms with Crippen molar-refractivity contribution in [2.45, 2.75) is 56.1 Å². The van der Waals surface area contributed by atoms with Crippen molar-refractivity contribution >= 4 is 23.6 Å². The van der Waals surface area contributed by atoms with E-state index in [1.165, 1.54) is 29.1 Å². The van der Waals surface area contributed by atoms with Gasteiger partial charge in [-0.25, -0.2) is 4.39 Å². The largest absolute Gasteiger partial charge is 0.299 e. The second-order valence-electron chi connectivity index (χ2n) is 7.28. The molecule has 2 fully saturated rings. The lowest BCUT2D eigenvalue weighted by Gasteiger charge is -2.25. The third-order valence-corrected chi connectivity index (χ3v) is 6.35. The third kappa shape index (κ3) is 3.83. The molecule has 2 amide bonds. The van der Waals surface area contributed by atoms with Crippen molar-refractivity contribution in [3.05, 3.63) is 30.1 Å². The van der Waals surface area contributed by atoms with Crippen LogP contribution in [-0.4, -0.2) is 43.8 Å². The molecule has 1 saturated heterocycles. The van der Waals surface area contributed by atoms with Crippen LogP contribution >= 0.6 is 11.8 Å². The summed E-state index contributed by atoms with van der Waals surface area (Å²) in [6.45, 7) is 0.494. The Morgan fingerprint density at radius 1 is 1.14 bits per heavy atom. The maximum atomic E-state index is 14.4. The van der Waals surface area contributed by atoms with Gasteiger partial charge in [0.2, 0.25) is 11.8 Å². The molecule has 1 aromatic heterocycles. The van der Waals surface area contributed by atoms with Crippen LogP contribution in [0.15, 0.2) is 29.4 Å². The maximum Gasteiger partial charge on any atom is 0.239 e. The molecule has 8 heteroatoms. The Hall–Kier alpha value is -2.22. The second-order valence-corrected chi connectivity index (χ2v) is 8.22. The Labute approximate surface area is 167 Å².